The minimum Gasteiger partial charge on any atom is -0.357 e. The minimum absolute atomic E-state index is 0.0595. The number of aliphatic imine (C=N–C) groups is 1. The average Bonchev–Trinajstić information content (AvgIpc) is 2.54. The molecule has 0 aliphatic rings. The van der Waals surface area contributed by atoms with E-state index >= 15 is 0 Å². The van der Waals surface area contributed by atoms with Crippen molar-refractivity contribution < 1.29 is 4.79 Å². The fourth-order valence-corrected chi connectivity index (χ4v) is 2.27. The van der Waals surface area contributed by atoms with Gasteiger partial charge >= 0.3 is 0 Å². The lowest BCUT2D eigenvalue weighted by Gasteiger charge is -2.18. The Labute approximate surface area is 152 Å². The summed E-state index contributed by atoms with van der Waals surface area (Å²) in [5, 5.41) is 9.45. The highest BCUT2D eigenvalue weighted by atomic mass is 16.2. The molecule has 1 aromatic carbocycles. The molecule has 25 heavy (non-hydrogen) atoms. The van der Waals surface area contributed by atoms with Crippen LogP contribution in [0.2, 0.25) is 0 Å². The van der Waals surface area contributed by atoms with Crippen LogP contribution >= 0.6 is 0 Å². The Hall–Kier alpha value is -2.04. The highest BCUT2D eigenvalue weighted by Gasteiger charge is 2.20. The summed E-state index contributed by atoms with van der Waals surface area (Å²) in [4.78, 5) is 16.5. The van der Waals surface area contributed by atoms with Gasteiger partial charge in [-0.3, -0.25) is 9.79 Å². The summed E-state index contributed by atoms with van der Waals surface area (Å²) in [6, 6.07) is 8.56. The predicted molar refractivity (Wildman–Crippen MR) is 106 cm³/mol. The molecule has 1 unspecified atom stereocenters. The molecular formula is C20H34N4O. The van der Waals surface area contributed by atoms with Crippen LogP contribution in [0.25, 0.3) is 0 Å². The van der Waals surface area contributed by atoms with E-state index in [0.29, 0.717) is 25.6 Å². The van der Waals surface area contributed by atoms with E-state index in [-0.39, 0.29) is 11.3 Å². The van der Waals surface area contributed by atoms with Crippen molar-refractivity contribution >= 4 is 11.9 Å². The first-order valence-corrected chi connectivity index (χ1v) is 9.11. The maximum absolute atomic E-state index is 11.8. The summed E-state index contributed by atoms with van der Waals surface area (Å²) < 4.78 is 0. The number of hydrogen-bond acceptors (Lipinski definition) is 2. The Balaban J connectivity index is 2.49. The van der Waals surface area contributed by atoms with Gasteiger partial charge < -0.3 is 16.0 Å². The fraction of sp³-hybridized carbons (Fsp3) is 0.600. The standard InChI is InChI=1S/C20H34N4O/c1-7-21-19(23-12-11-22-18(25)20(4,5)6)24-14-16(3)17-10-8-9-15(2)13-17/h8-10,13,16H,7,11-12,14H2,1-6H3,(H,22,25)(H2,21,23,24). The van der Waals surface area contributed by atoms with Crippen molar-refractivity contribution in [2.24, 2.45) is 10.4 Å². The summed E-state index contributed by atoms with van der Waals surface area (Å²) >= 11 is 0. The van der Waals surface area contributed by atoms with E-state index in [1.807, 2.05) is 27.7 Å². The number of aryl methyl sites for hydroxylation is 1. The maximum atomic E-state index is 11.8. The number of nitrogens with one attached hydrogen (secondary N) is 3. The Morgan fingerprint density at radius 2 is 1.84 bits per heavy atom. The van der Waals surface area contributed by atoms with Crippen LogP contribution in [-0.4, -0.2) is 38.0 Å². The molecule has 1 aromatic rings. The highest BCUT2D eigenvalue weighted by Crippen LogP contribution is 2.16. The highest BCUT2D eigenvalue weighted by molar-refractivity contribution is 5.81. The second-order valence-electron chi connectivity index (χ2n) is 7.47. The van der Waals surface area contributed by atoms with Gasteiger partial charge in [-0.1, -0.05) is 57.5 Å². The smallest absolute Gasteiger partial charge is 0.225 e. The molecule has 0 aliphatic heterocycles. The monoisotopic (exact) mass is 346 g/mol. The number of amides is 1. The normalized spacial score (nSPS) is 13.3. The summed E-state index contributed by atoms with van der Waals surface area (Å²) in [6.07, 6.45) is 0. The molecule has 0 heterocycles. The summed E-state index contributed by atoms with van der Waals surface area (Å²) in [6.45, 7) is 14.8. The van der Waals surface area contributed by atoms with Crippen molar-refractivity contribution in [3.05, 3.63) is 35.4 Å². The van der Waals surface area contributed by atoms with Gasteiger partial charge in [-0.2, -0.15) is 0 Å². The number of carbonyl (C=O) groups is 1. The molecule has 1 amide bonds. The molecule has 5 heteroatoms. The lowest BCUT2D eigenvalue weighted by Crippen LogP contribution is -2.43. The first-order valence-electron chi connectivity index (χ1n) is 9.11. The SMILES string of the molecule is CCNC(=NCC(C)c1cccc(C)c1)NCCNC(=O)C(C)(C)C. The second kappa shape index (κ2) is 10.1. The van der Waals surface area contributed by atoms with E-state index in [4.69, 9.17) is 0 Å². The number of nitrogens with zero attached hydrogens (tertiary/aromatic N) is 1. The zero-order valence-corrected chi connectivity index (χ0v) is 16.6. The third-order valence-electron chi connectivity index (χ3n) is 3.86. The average molecular weight is 347 g/mol. The van der Waals surface area contributed by atoms with Gasteiger partial charge in [0.25, 0.3) is 0 Å². The van der Waals surface area contributed by atoms with Crippen molar-refractivity contribution in [1.82, 2.24) is 16.0 Å². The van der Waals surface area contributed by atoms with Gasteiger partial charge in [0.1, 0.15) is 0 Å². The van der Waals surface area contributed by atoms with E-state index in [1.165, 1.54) is 11.1 Å². The molecule has 0 bridgehead atoms. The van der Waals surface area contributed by atoms with Gasteiger partial charge in [0, 0.05) is 37.5 Å². The molecule has 0 spiro atoms. The molecule has 3 N–H and O–H groups in total. The third kappa shape index (κ3) is 8.05. The van der Waals surface area contributed by atoms with E-state index in [9.17, 15) is 4.79 Å². The Morgan fingerprint density at radius 3 is 2.44 bits per heavy atom. The summed E-state index contributed by atoms with van der Waals surface area (Å²) in [7, 11) is 0. The summed E-state index contributed by atoms with van der Waals surface area (Å²) in [5.41, 5.74) is 2.21. The Kier molecular flexibility index (Phi) is 8.46. The quantitative estimate of drug-likeness (QED) is 0.404. The van der Waals surface area contributed by atoms with Crippen LogP contribution in [-0.2, 0) is 4.79 Å². The van der Waals surface area contributed by atoms with Gasteiger partial charge in [0.05, 0.1) is 0 Å². The topological polar surface area (TPSA) is 65.5 Å². The number of hydrogen-bond donors (Lipinski definition) is 3. The van der Waals surface area contributed by atoms with Crippen molar-refractivity contribution in [3.8, 4) is 0 Å². The molecule has 1 rings (SSSR count). The molecule has 0 saturated carbocycles. The molecule has 1 atom stereocenters. The van der Waals surface area contributed by atoms with Gasteiger partial charge in [-0.25, -0.2) is 0 Å². The number of rotatable bonds is 7. The van der Waals surface area contributed by atoms with Crippen molar-refractivity contribution in [3.63, 3.8) is 0 Å². The van der Waals surface area contributed by atoms with Gasteiger partial charge in [0.15, 0.2) is 5.96 Å². The third-order valence-corrected chi connectivity index (χ3v) is 3.86. The largest absolute Gasteiger partial charge is 0.357 e. The van der Waals surface area contributed by atoms with Crippen LogP contribution in [0, 0.1) is 12.3 Å². The second-order valence-corrected chi connectivity index (χ2v) is 7.47. The minimum atomic E-state index is -0.359. The number of carbonyl (C=O) groups excluding carboxylic acids is 1. The molecule has 0 radical (unpaired) electrons. The number of benzene rings is 1. The van der Waals surface area contributed by atoms with E-state index < -0.39 is 0 Å². The van der Waals surface area contributed by atoms with Gasteiger partial charge in [0.2, 0.25) is 5.91 Å². The van der Waals surface area contributed by atoms with Gasteiger partial charge in [-0.15, -0.1) is 0 Å². The fourth-order valence-electron chi connectivity index (χ4n) is 2.27. The lowest BCUT2D eigenvalue weighted by molar-refractivity contribution is -0.128. The van der Waals surface area contributed by atoms with Crippen LogP contribution in [0.3, 0.4) is 0 Å². The molecule has 0 fully saturated rings. The maximum Gasteiger partial charge on any atom is 0.225 e. The first-order chi connectivity index (χ1) is 11.7. The summed E-state index contributed by atoms with van der Waals surface area (Å²) in [5.74, 6) is 1.20. The molecular weight excluding hydrogens is 312 g/mol. The zero-order chi connectivity index (χ0) is 18.9. The van der Waals surface area contributed by atoms with Crippen molar-refractivity contribution in [1.29, 1.82) is 0 Å². The molecule has 0 aliphatic carbocycles. The molecule has 0 aromatic heterocycles. The van der Waals surface area contributed by atoms with Crippen molar-refractivity contribution in [2.75, 3.05) is 26.2 Å². The Morgan fingerprint density at radius 1 is 1.16 bits per heavy atom. The van der Waals surface area contributed by atoms with Crippen LogP contribution in [0.15, 0.2) is 29.3 Å². The molecule has 5 nitrogen and oxygen atoms in total. The lowest BCUT2D eigenvalue weighted by atomic mass is 9.96. The van der Waals surface area contributed by atoms with E-state index in [0.717, 1.165) is 12.5 Å². The predicted octanol–water partition coefficient (Wildman–Crippen LogP) is 2.82. The zero-order valence-electron chi connectivity index (χ0n) is 16.6. The first kappa shape index (κ1) is 21.0. The van der Waals surface area contributed by atoms with E-state index in [1.54, 1.807) is 0 Å². The van der Waals surface area contributed by atoms with Crippen LogP contribution < -0.4 is 16.0 Å². The Bertz CT molecular complexity index is 575. The molecule has 140 valence electrons. The number of guanidine groups is 1. The van der Waals surface area contributed by atoms with Crippen LogP contribution in [0.1, 0.15) is 51.7 Å². The van der Waals surface area contributed by atoms with E-state index in [2.05, 4.69) is 59.1 Å². The van der Waals surface area contributed by atoms with Gasteiger partial charge in [-0.05, 0) is 19.4 Å². The van der Waals surface area contributed by atoms with Crippen LogP contribution in [0.5, 0.6) is 0 Å². The van der Waals surface area contributed by atoms with Crippen molar-refractivity contribution in [2.45, 2.75) is 47.5 Å². The van der Waals surface area contributed by atoms with Crippen LogP contribution in [0.4, 0.5) is 0 Å². The molecule has 0 saturated heterocycles.